The number of thiophene rings is 1. The third kappa shape index (κ3) is 5.84. The second kappa shape index (κ2) is 11.7. The third-order valence-corrected chi connectivity index (χ3v) is 8.51. The van der Waals surface area contributed by atoms with Crippen molar-refractivity contribution in [2.24, 2.45) is 5.73 Å². The fraction of sp³-hybridized carbons (Fsp3) is 0.214. The molecule has 39 heavy (non-hydrogen) atoms. The van der Waals surface area contributed by atoms with E-state index in [-0.39, 0.29) is 30.4 Å². The van der Waals surface area contributed by atoms with Gasteiger partial charge < -0.3 is 20.5 Å². The summed E-state index contributed by atoms with van der Waals surface area (Å²) in [6, 6.07) is 21.4. The molecule has 2 aliphatic heterocycles. The van der Waals surface area contributed by atoms with E-state index in [1.54, 1.807) is 0 Å². The van der Waals surface area contributed by atoms with Crippen molar-refractivity contribution in [2.75, 3.05) is 12.4 Å². The summed E-state index contributed by atoms with van der Waals surface area (Å²) in [5.74, 6) is -1.17. The Labute approximate surface area is 233 Å². The number of carbonyl (C=O) groups is 4. The number of ether oxygens (including phenoxy) is 2. The number of esters is 1. The predicted molar refractivity (Wildman–Crippen MR) is 146 cm³/mol. The fourth-order valence-electron chi connectivity index (χ4n) is 4.48. The molecule has 3 N–H and O–H groups in total. The Morgan fingerprint density at radius 1 is 1.00 bits per heavy atom. The van der Waals surface area contributed by atoms with E-state index in [1.165, 1.54) is 28.0 Å². The quantitative estimate of drug-likeness (QED) is 0.302. The molecule has 3 aromatic rings. The molecule has 3 heterocycles. The largest absolute Gasteiger partial charge is 0.448 e. The Morgan fingerprint density at radius 3 is 2.26 bits per heavy atom. The number of primary amides is 1. The van der Waals surface area contributed by atoms with Gasteiger partial charge in [-0.05, 0) is 22.6 Å². The molecule has 3 amide bonds. The van der Waals surface area contributed by atoms with Crippen LogP contribution in [0.15, 0.2) is 89.4 Å². The lowest BCUT2D eigenvalue weighted by molar-refractivity contribution is -0.154. The molecule has 2 aromatic carbocycles. The van der Waals surface area contributed by atoms with E-state index in [1.807, 2.05) is 78.2 Å². The molecule has 0 spiro atoms. The summed E-state index contributed by atoms with van der Waals surface area (Å²) < 4.78 is 11.0. The Kier molecular flexibility index (Phi) is 7.99. The SMILES string of the molecule is NC(=O)OCC1=C(C(=O)OC(c2ccccc2)c2ccccc2)N2C(=O)C(NC(=O)Cc3cccs3)C2SC1. The number of β-lactam (4-membered cyclic amide) rings is 1. The van der Waals surface area contributed by atoms with Crippen molar-refractivity contribution >= 4 is 47.0 Å². The van der Waals surface area contributed by atoms with Gasteiger partial charge in [0.15, 0.2) is 6.10 Å². The number of carbonyl (C=O) groups excluding carboxylic acids is 4. The summed E-state index contributed by atoms with van der Waals surface area (Å²) in [6.45, 7) is -0.264. The van der Waals surface area contributed by atoms with Crippen LogP contribution in [-0.2, 0) is 30.3 Å². The maximum absolute atomic E-state index is 13.7. The first-order valence-electron chi connectivity index (χ1n) is 12.1. The molecule has 2 unspecified atom stereocenters. The zero-order chi connectivity index (χ0) is 27.4. The summed E-state index contributed by atoms with van der Waals surface area (Å²) in [5.41, 5.74) is 7.08. The number of amides is 3. The van der Waals surface area contributed by atoms with Crippen LogP contribution in [-0.4, -0.2) is 52.6 Å². The molecule has 11 heteroatoms. The van der Waals surface area contributed by atoms with Gasteiger partial charge in [0, 0.05) is 16.2 Å². The first-order valence-corrected chi connectivity index (χ1v) is 14.1. The van der Waals surface area contributed by atoms with E-state index in [9.17, 15) is 19.2 Å². The molecule has 0 aliphatic carbocycles. The highest BCUT2D eigenvalue weighted by Crippen LogP contribution is 2.41. The lowest BCUT2D eigenvalue weighted by atomic mass is 10.0. The van der Waals surface area contributed by atoms with Crippen molar-refractivity contribution < 1.29 is 28.7 Å². The van der Waals surface area contributed by atoms with Gasteiger partial charge >= 0.3 is 12.1 Å². The monoisotopic (exact) mass is 563 g/mol. The molecular weight excluding hydrogens is 538 g/mol. The molecule has 2 aliphatic rings. The van der Waals surface area contributed by atoms with Gasteiger partial charge in [-0.2, -0.15) is 0 Å². The van der Waals surface area contributed by atoms with Gasteiger partial charge in [0.1, 0.15) is 23.7 Å². The minimum absolute atomic E-state index is 0.00520. The summed E-state index contributed by atoms with van der Waals surface area (Å²) in [4.78, 5) is 53.1. The highest BCUT2D eigenvalue weighted by Gasteiger charge is 2.54. The van der Waals surface area contributed by atoms with E-state index in [4.69, 9.17) is 15.2 Å². The van der Waals surface area contributed by atoms with E-state index in [2.05, 4.69) is 5.32 Å². The van der Waals surface area contributed by atoms with Gasteiger partial charge in [0.05, 0.1) is 6.42 Å². The zero-order valence-electron chi connectivity index (χ0n) is 20.6. The van der Waals surface area contributed by atoms with Crippen LogP contribution >= 0.6 is 23.1 Å². The third-order valence-electron chi connectivity index (χ3n) is 6.29. The van der Waals surface area contributed by atoms with Crippen LogP contribution in [0.5, 0.6) is 0 Å². The molecule has 200 valence electrons. The predicted octanol–water partition coefficient (Wildman–Crippen LogP) is 3.37. The smallest absolute Gasteiger partial charge is 0.404 e. The van der Waals surface area contributed by atoms with E-state index >= 15 is 0 Å². The van der Waals surface area contributed by atoms with Crippen molar-refractivity contribution in [1.29, 1.82) is 0 Å². The van der Waals surface area contributed by atoms with Crippen LogP contribution in [0, 0.1) is 0 Å². The highest BCUT2D eigenvalue weighted by molar-refractivity contribution is 8.00. The van der Waals surface area contributed by atoms with Crippen LogP contribution in [0.2, 0.25) is 0 Å². The number of nitrogens with one attached hydrogen (secondary N) is 1. The van der Waals surface area contributed by atoms with E-state index in [0.717, 1.165) is 16.0 Å². The highest BCUT2D eigenvalue weighted by atomic mass is 32.2. The number of benzene rings is 2. The Balaban J connectivity index is 1.40. The summed E-state index contributed by atoms with van der Waals surface area (Å²) in [6.07, 6.45) is -1.57. The van der Waals surface area contributed by atoms with Crippen molar-refractivity contribution in [3.05, 3.63) is 105 Å². The van der Waals surface area contributed by atoms with Crippen molar-refractivity contribution in [3.63, 3.8) is 0 Å². The summed E-state index contributed by atoms with van der Waals surface area (Å²) in [7, 11) is 0. The Morgan fingerprint density at radius 2 is 1.67 bits per heavy atom. The van der Waals surface area contributed by atoms with E-state index < -0.39 is 35.5 Å². The fourth-order valence-corrected chi connectivity index (χ4v) is 6.51. The normalized spacial score (nSPS) is 18.3. The topological polar surface area (TPSA) is 128 Å². The van der Waals surface area contributed by atoms with Crippen molar-refractivity contribution in [2.45, 2.75) is 23.9 Å². The molecule has 0 saturated carbocycles. The number of thioether (sulfide) groups is 1. The van der Waals surface area contributed by atoms with Gasteiger partial charge in [-0.1, -0.05) is 66.7 Å². The zero-order valence-corrected chi connectivity index (χ0v) is 22.3. The molecule has 5 rings (SSSR count). The number of nitrogens with zero attached hydrogens (tertiary/aromatic N) is 1. The number of nitrogens with two attached hydrogens (primary N) is 1. The lowest BCUT2D eigenvalue weighted by Gasteiger charge is -2.49. The molecule has 0 radical (unpaired) electrons. The van der Waals surface area contributed by atoms with Crippen LogP contribution < -0.4 is 11.1 Å². The number of fused-ring (bicyclic) bond motifs is 1. The van der Waals surface area contributed by atoms with Gasteiger partial charge in [0.2, 0.25) is 5.91 Å². The maximum atomic E-state index is 13.7. The van der Waals surface area contributed by atoms with Crippen LogP contribution in [0.4, 0.5) is 4.79 Å². The van der Waals surface area contributed by atoms with Crippen LogP contribution in [0.25, 0.3) is 0 Å². The van der Waals surface area contributed by atoms with Gasteiger partial charge in [-0.25, -0.2) is 9.59 Å². The number of hydrogen-bond acceptors (Lipinski definition) is 8. The second-order valence-corrected chi connectivity index (χ2v) is 11.0. The molecule has 2 atom stereocenters. The maximum Gasteiger partial charge on any atom is 0.404 e. The minimum Gasteiger partial charge on any atom is -0.448 e. The molecule has 0 bridgehead atoms. The van der Waals surface area contributed by atoms with Gasteiger partial charge in [0.25, 0.3) is 5.91 Å². The van der Waals surface area contributed by atoms with Crippen molar-refractivity contribution in [3.8, 4) is 0 Å². The van der Waals surface area contributed by atoms with Gasteiger partial charge in [-0.3, -0.25) is 14.5 Å². The second-order valence-electron chi connectivity index (χ2n) is 8.88. The van der Waals surface area contributed by atoms with Crippen LogP contribution in [0.1, 0.15) is 22.1 Å². The summed E-state index contributed by atoms with van der Waals surface area (Å²) in [5, 5.41) is 4.17. The first-order chi connectivity index (χ1) is 18.9. The first kappa shape index (κ1) is 26.5. The lowest BCUT2D eigenvalue weighted by Crippen LogP contribution is -2.70. The molecular formula is C28H25N3O6S2. The van der Waals surface area contributed by atoms with Crippen LogP contribution in [0.3, 0.4) is 0 Å². The minimum atomic E-state index is -0.998. The molecule has 1 aromatic heterocycles. The van der Waals surface area contributed by atoms with Gasteiger partial charge in [-0.15, -0.1) is 23.1 Å². The molecule has 9 nitrogen and oxygen atoms in total. The standard InChI is InChI=1S/C28H25N3O6S2/c29-28(35)36-15-19-16-39-26-22(30-21(32)14-20-12-7-13-38-20)25(33)31(26)23(19)27(34)37-24(17-8-3-1-4-9-17)18-10-5-2-6-11-18/h1-13,22,24,26H,14-16H2,(H2,29,35)(H,30,32). The summed E-state index contributed by atoms with van der Waals surface area (Å²) >= 11 is 2.82. The Bertz CT molecular complexity index is 1360. The number of rotatable bonds is 9. The molecule has 1 fully saturated rings. The van der Waals surface area contributed by atoms with E-state index in [0.29, 0.717) is 5.57 Å². The molecule has 1 saturated heterocycles. The number of hydrogen-bond donors (Lipinski definition) is 2. The van der Waals surface area contributed by atoms with Crippen molar-refractivity contribution in [1.82, 2.24) is 10.2 Å². The average molecular weight is 564 g/mol. The average Bonchev–Trinajstić information content (AvgIpc) is 3.46. The Hall–Kier alpha value is -4.09.